The number of alkyl halides is 3. The van der Waals surface area contributed by atoms with Crippen molar-refractivity contribution in [3.8, 4) is 11.4 Å². The molecule has 1 heterocycles. The molecule has 0 radical (unpaired) electrons. The fraction of sp³-hybridized carbons (Fsp3) is 0.385. The van der Waals surface area contributed by atoms with Crippen LogP contribution in [0.3, 0.4) is 0 Å². The van der Waals surface area contributed by atoms with Gasteiger partial charge in [-0.3, -0.25) is 0 Å². The fourth-order valence-corrected chi connectivity index (χ4v) is 1.65. The smallest absolute Gasteiger partial charge is 0.333 e. The summed E-state index contributed by atoms with van der Waals surface area (Å²) in [6.07, 6.45) is -4.64. The molecular weight excluding hydrogens is 290 g/mol. The van der Waals surface area contributed by atoms with E-state index in [1.54, 1.807) is 0 Å². The Morgan fingerprint density at radius 3 is 2.38 bits per heavy atom. The summed E-state index contributed by atoms with van der Waals surface area (Å²) in [5, 5.41) is 6.30. The van der Waals surface area contributed by atoms with Crippen LogP contribution in [-0.2, 0) is 6.18 Å². The number of nitrogens with one attached hydrogen (secondary N) is 1. The average molecular weight is 303 g/mol. The third-order valence-electron chi connectivity index (χ3n) is 2.44. The summed E-state index contributed by atoms with van der Waals surface area (Å²) in [7, 11) is 0. The molecule has 4 nitrogen and oxygen atoms in total. The standard InChI is InChI=1S/C13H13F4N3O/c1-12(2,3)19-11-18-10(20-21-11)8-6-7(14)4-5-9(8)13(15,16)17/h4-6H,1-3H3,(H,18,19,20). The van der Waals surface area contributed by atoms with E-state index in [0.717, 1.165) is 12.1 Å². The minimum atomic E-state index is -4.64. The van der Waals surface area contributed by atoms with Crippen LogP contribution in [0.25, 0.3) is 11.4 Å². The van der Waals surface area contributed by atoms with Gasteiger partial charge < -0.3 is 9.84 Å². The lowest BCUT2D eigenvalue weighted by Gasteiger charge is -2.17. The second kappa shape index (κ2) is 5.01. The summed E-state index contributed by atoms with van der Waals surface area (Å²) in [6.45, 7) is 5.46. The second-order valence-electron chi connectivity index (χ2n) is 5.49. The first-order valence-corrected chi connectivity index (χ1v) is 6.05. The molecule has 0 bridgehead atoms. The van der Waals surface area contributed by atoms with E-state index in [0.29, 0.717) is 6.07 Å². The molecule has 0 unspecified atom stereocenters. The first-order chi connectivity index (χ1) is 9.56. The number of aromatic nitrogens is 2. The van der Waals surface area contributed by atoms with E-state index in [2.05, 4.69) is 15.5 Å². The molecule has 0 saturated heterocycles. The second-order valence-corrected chi connectivity index (χ2v) is 5.49. The van der Waals surface area contributed by atoms with Crippen LogP contribution in [0.5, 0.6) is 0 Å². The average Bonchev–Trinajstić information content (AvgIpc) is 2.73. The Hall–Kier alpha value is -2.12. The van der Waals surface area contributed by atoms with E-state index >= 15 is 0 Å². The van der Waals surface area contributed by atoms with Gasteiger partial charge in [0, 0.05) is 11.1 Å². The first-order valence-electron chi connectivity index (χ1n) is 6.05. The maximum absolute atomic E-state index is 13.2. The van der Waals surface area contributed by atoms with Crippen LogP contribution in [0.2, 0.25) is 0 Å². The number of nitrogens with zero attached hydrogens (tertiary/aromatic N) is 2. The maximum atomic E-state index is 13.2. The van der Waals surface area contributed by atoms with E-state index in [1.165, 1.54) is 0 Å². The molecule has 0 aliphatic rings. The van der Waals surface area contributed by atoms with Gasteiger partial charge in [0.05, 0.1) is 5.56 Å². The van der Waals surface area contributed by atoms with E-state index in [-0.39, 0.29) is 11.8 Å². The largest absolute Gasteiger partial charge is 0.417 e. The Bertz CT molecular complexity index is 644. The van der Waals surface area contributed by atoms with Gasteiger partial charge in [0.2, 0.25) is 5.82 Å². The van der Waals surface area contributed by atoms with Crippen LogP contribution < -0.4 is 5.32 Å². The molecule has 0 aliphatic heterocycles. The number of anilines is 1. The molecular formula is C13H13F4N3O. The molecule has 0 spiro atoms. The molecule has 1 aromatic carbocycles. The van der Waals surface area contributed by atoms with E-state index in [9.17, 15) is 17.6 Å². The van der Waals surface area contributed by atoms with Crippen molar-refractivity contribution < 1.29 is 22.1 Å². The number of rotatable bonds is 2. The maximum Gasteiger partial charge on any atom is 0.417 e. The Kier molecular flexibility index (Phi) is 3.65. The van der Waals surface area contributed by atoms with Crippen LogP contribution in [0, 0.1) is 5.82 Å². The highest BCUT2D eigenvalue weighted by Gasteiger charge is 2.35. The summed E-state index contributed by atoms with van der Waals surface area (Å²) < 4.78 is 56.8. The monoisotopic (exact) mass is 303 g/mol. The SMILES string of the molecule is CC(C)(C)Nc1nc(-c2cc(F)ccc2C(F)(F)F)no1. The number of halogens is 4. The minimum absolute atomic E-state index is 0.0325. The molecule has 114 valence electrons. The van der Waals surface area contributed by atoms with Crippen molar-refractivity contribution in [1.82, 2.24) is 10.1 Å². The quantitative estimate of drug-likeness (QED) is 0.848. The molecule has 0 fully saturated rings. The van der Waals surface area contributed by atoms with Gasteiger partial charge in [0.1, 0.15) is 5.82 Å². The van der Waals surface area contributed by atoms with Crippen molar-refractivity contribution in [3.63, 3.8) is 0 Å². The summed E-state index contributed by atoms with van der Waals surface area (Å²) in [5.41, 5.74) is -1.89. The van der Waals surface area contributed by atoms with Gasteiger partial charge >= 0.3 is 12.2 Å². The van der Waals surface area contributed by atoms with Crippen molar-refractivity contribution in [1.29, 1.82) is 0 Å². The zero-order valence-corrected chi connectivity index (χ0v) is 11.5. The fourth-order valence-electron chi connectivity index (χ4n) is 1.65. The van der Waals surface area contributed by atoms with Crippen molar-refractivity contribution in [3.05, 3.63) is 29.6 Å². The molecule has 0 atom stereocenters. The summed E-state index contributed by atoms with van der Waals surface area (Å²) in [4.78, 5) is 3.83. The van der Waals surface area contributed by atoms with Gasteiger partial charge in [0.25, 0.3) is 0 Å². The van der Waals surface area contributed by atoms with Gasteiger partial charge in [-0.2, -0.15) is 18.2 Å². The predicted molar refractivity (Wildman–Crippen MR) is 68.1 cm³/mol. The summed E-state index contributed by atoms with van der Waals surface area (Å²) >= 11 is 0. The summed E-state index contributed by atoms with van der Waals surface area (Å²) in [5.74, 6) is -1.14. The Morgan fingerprint density at radius 2 is 1.81 bits per heavy atom. The van der Waals surface area contributed by atoms with Crippen LogP contribution in [-0.4, -0.2) is 15.7 Å². The van der Waals surface area contributed by atoms with Crippen molar-refractivity contribution in [2.45, 2.75) is 32.5 Å². The third-order valence-corrected chi connectivity index (χ3v) is 2.44. The topological polar surface area (TPSA) is 51.0 Å². The van der Waals surface area contributed by atoms with Gasteiger partial charge in [-0.05, 0) is 39.0 Å². The molecule has 21 heavy (non-hydrogen) atoms. The molecule has 0 amide bonds. The van der Waals surface area contributed by atoms with Crippen molar-refractivity contribution in [2.24, 2.45) is 0 Å². The summed E-state index contributed by atoms with van der Waals surface area (Å²) in [6, 6.07) is 2.09. The van der Waals surface area contributed by atoms with Crippen molar-refractivity contribution >= 4 is 6.01 Å². The zero-order valence-electron chi connectivity index (χ0n) is 11.5. The Labute approximate surface area is 118 Å². The van der Waals surface area contributed by atoms with Crippen LogP contribution >= 0.6 is 0 Å². The molecule has 0 saturated carbocycles. The van der Waals surface area contributed by atoms with Crippen LogP contribution in [0.4, 0.5) is 23.6 Å². The first kappa shape index (κ1) is 15.3. The van der Waals surface area contributed by atoms with Gasteiger partial charge in [-0.1, -0.05) is 5.16 Å². The normalized spacial score (nSPS) is 12.5. The molecule has 1 aromatic heterocycles. The lowest BCUT2D eigenvalue weighted by Crippen LogP contribution is -2.26. The Morgan fingerprint density at radius 1 is 1.14 bits per heavy atom. The minimum Gasteiger partial charge on any atom is -0.333 e. The highest BCUT2D eigenvalue weighted by molar-refractivity contribution is 5.61. The number of hydrogen-bond donors (Lipinski definition) is 1. The van der Waals surface area contributed by atoms with Crippen LogP contribution in [0.1, 0.15) is 26.3 Å². The molecule has 2 aromatic rings. The van der Waals surface area contributed by atoms with Gasteiger partial charge in [0.15, 0.2) is 0 Å². The Balaban J connectivity index is 2.45. The molecule has 8 heteroatoms. The van der Waals surface area contributed by atoms with Crippen LogP contribution in [0.15, 0.2) is 22.7 Å². The predicted octanol–water partition coefficient (Wildman–Crippen LogP) is 4.10. The van der Waals surface area contributed by atoms with E-state index < -0.39 is 28.7 Å². The van der Waals surface area contributed by atoms with Gasteiger partial charge in [-0.25, -0.2) is 4.39 Å². The molecule has 0 aliphatic carbocycles. The highest BCUT2D eigenvalue weighted by Crippen LogP contribution is 2.36. The lowest BCUT2D eigenvalue weighted by molar-refractivity contribution is -0.137. The number of benzene rings is 1. The molecule has 2 rings (SSSR count). The van der Waals surface area contributed by atoms with Crippen molar-refractivity contribution in [2.75, 3.05) is 5.32 Å². The molecule has 1 N–H and O–H groups in total. The number of hydrogen-bond acceptors (Lipinski definition) is 4. The van der Waals surface area contributed by atoms with E-state index in [4.69, 9.17) is 4.52 Å². The lowest BCUT2D eigenvalue weighted by atomic mass is 10.1. The van der Waals surface area contributed by atoms with Gasteiger partial charge in [-0.15, -0.1) is 0 Å². The van der Waals surface area contributed by atoms with E-state index in [1.807, 2.05) is 20.8 Å². The highest BCUT2D eigenvalue weighted by atomic mass is 19.4. The zero-order chi connectivity index (χ0) is 15.8. The third kappa shape index (κ3) is 3.71.